The van der Waals surface area contributed by atoms with Crippen LogP contribution in [0.15, 0.2) is 36.5 Å². The Balaban J connectivity index is 2.22. The Morgan fingerprint density at radius 2 is 1.90 bits per heavy atom. The molecule has 0 aliphatic heterocycles. The third kappa shape index (κ3) is 3.69. The molecule has 2 N–H and O–H groups in total. The topological polar surface area (TPSA) is 73.6 Å². The van der Waals surface area contributed by atoms with Crippen molar-refractivity contribution in [1.29, 1.82) is 5.26 Å². The standard InChI is InChI=1S/C15H17N5/c1-15(2,3)20-14-17-9-8-13(19-14)18-12-7-5-4-6-11(12)10-16/h4-9H,1-3H3,(H2,17,18,19,20). The van der Waals surface area contributed by atoms with Crippen LogP contribution in [0.2, 0.25) is 0 Å². The van der Waals surface area contributed by atoms with Crippen LogP contribution in [0.3, 0.4) is 0 Å². The van der Waals surface area contributed by atoms with Crippen molar-refractivity contribution in [2.45, 2.75) is 26.3 Å². The van der Waals surface area contributed by atoms with Gasteiger partial charge in [-0.3, -0.25) is 0 Å². The smallest absolute Gasteiger partial charge is 0.225 e. The minimum absolute atomic E-state index is 0.108. The zero-order chi connectivity index (χ0) is 14.6. The average molecular weight is 267 g/mol. The van der Waals surface area contributed by atoms with Crippen molar-refractivity contribution in [2.75, 3.05) is 10.6 Å². The molecule has 0 bridgehead atoms. The molecule has 0 unspecified atom stereocenters. The van der Waals surface area contributed by atoms with Crippen LogP contribution < -0.4 is 10.6 Å². The molecule has 0 radical (unpaired) electrons. The number of nitriles is 1. The lowest BCUT2D eigenvalue weighted by molar-refractivity contribution is 0.626. The first-order valence-electron chi connectivity index (χ1n) is 6.35. The van der Waals surface area contributed by atoms with Gasteiger partial charge in [0.1, 0.15) is 11.9 Å². The average Bonchev–Trinajstić information content (AvgIpc) is 2.38. The lowest BCUT2D eigenvalue weighted by atomic mass is 10.1. The molecule has 1 aromatic heterocycles. The van der Waals surface area contributed by atoms with Gasteiger partial charge in [-0.05, 0) is 39.0 Å². The first-order valence-corrected chi connectivity index (χ1v) is 6.35. The summed E-state index contributed by atoms with van der Waals surface area (Å²) in [5.74, 6) is 1.20. The lowest BCUT2D eigenvalue weighted by Gasteiger charge is -2.20. The molecule has 0 saturated heterocycles. The van der Waals surface area contributed by atoms with Gasteiger partial charge in [-0.1, -0.05) is 12.1 Å². The Bertz CT molecular complexity index is 637. The molecule has 0 spiro atoms. The third-order valence-corrected chi connectivity index (χ3v) is 2.45. The van der Waals surface area contributed by atoms with Crippen LogP contribution in [0.1, 0.15) is 26.3 Å². The number of hydrogen-bond acceptors (Lipinski definition) is 5. The van der Waals surface area contributed by atoms with Gasteiger partial charge in [0.05, 0.1) is 11.3 Å². The van der Waals surface area contributed by atoms with E-state index in [0.717, 1.165) is 5.69 Å². The molecule has 5 nitrogen and oxygen atoms in total. The summed E-state index contributed by atoms with van der Waals surface area (Å²) in [6.45, 7) is 6.13. The van der Waals surface area contributed by atoms with Crippen LogP contribution in [0.5, 0.6) is 0 Å². The molecule has 0 saturated carbocycles. The molecule has 0 fully saturated rings. The minimum atomic E-state index is -0.108. The molecule has 1 heterocycles. The minimum Gasteiger partial charge on any atom is -0.350 e. The zero-order valence-corrected chi connectivity index (χ0v) is 11.8. The molecule has 102 valence electrons. The number of benzene rings is 1. The van der Waals surface area contributed by atoms with E-state index < -0.39 is 0 Å². The Morgan fingerprint density at radius 1 is 1.15 bits per heavy atom. The fourth-order valence-electron chi connectivity index (χ4n) is 1.65. The Labute approximate surface area is 118 Å². The van der Waals surface area contributed by atoms with Gasteiger partial charge in [-0.25, -0.2) is 4.98 Å². The second kappa shape index (κ2) is 5.57. The highest BCUT2D eigenvalue weighted by Crippen LogP contribution is 2.19. The molecular weight excluding hydrogens is 250 g/mol. The maximum Gasteiger partial charge on any atom is 0.225 e. The van der Waals surface area contributed by atoms with E-state index in [-0.39, 0.29) is 5.54 Å². The van der Waals surface area contributed by atoms with Gasteiger partial charge in [-0.2, -0.15) is 10.2 Å². The summed E-state index contributed by atoms with van der Waals surface area (Å²) in [5.41, 5.74) is 1.20. The number of anilines is 3. The third-order valence-electron chi connectivity index (χ3n) is 2.45. The van der Waals surface area contributed by atoms with Crippen LogP contribution in [0.4, 0.5) is 17.5 Å². The second-order valence-electron chi connectivity index (χ2n) is 5.42. The Hall–Kier alpha value is -2.61. The summed E-state index contributed by atoms with van der Waals surface area (Å²) < 4.78 is 0. The molecule has 0 amide bonds. The van der Waals surface area contributed by atoms with Gasteiger partial charge >= 0.3 is 0 Å². The molecule has 0 aliphatic rings. The van der Waals surface area contributed by atoms with Gasteiger partial charge in [0, 0.05) is 11.7 Å². The van der Waals surface area contributed by atoms with E-state index in [4.69, 9.17) is 5.26 Å². The van der Waals surface area contributed by atoms with Crippen LogP contribution >= 0.6 is 0 Å². The Kier molecular flexibility index (Phi) is 3.85. The van der Waals surface area contributed by atoms with Gasteiger partial charge in [0.2, 0.25) is 5.95 Å². The number of nitrogens with one attached hydrogen (secondary N) is 2. The van der Waals surface area contributed by atoms with E-state index in [1.807, 2.05) is 39.0 Å². The van der Waals surface area contributed by atoms with E-state index in [0.29, 0.717) is 17.3 Å². The first kappa shape index (κ1) is 13.8. The summed E-state index contributed by atoms with van der Waals surface area (Å²) >= 11 is 0. The molecule has 2 aromatic rings. The van der Waals surface area contributed by atoms with E-state index >= 15 is 0 Å². The van der Waals surface area contributed by atoms with Gasteiger partial charge in [-0.15, -0.1) is 0 Å². The Morgan fingerprint density at radius 3 is 2.60 bits per heavy atom. The number of para-hydroxylation sites is 1. The predicted octanol–water partition coefficient (Wildman–Crippen LogP) is 3.30. The summed E-state index contributed by atoms with van der Waals surface area (Å²) in [6.07, 6.45) is 1.68. The number of nitrogens with zero attached hydrogens (tertiary/aromatic N) is 3. The van der Waals surface area contributed by atoms with Crippen LogP contribution in [0.25, 0.3) is 0 Å². The molecule has 2 rings (SSSR count). The van der Waals surface area contributed by atoms with Crippen molar-refractivity contribution in [1.82, 2.24) is 9.97 Å². The first-order chi connectivity index (χ1) is 9.48. The van der Waals surface area contributed by atoms with Gasteiger partial charge < -0.3 is 10.6 Å². The van der Waals surface area contributed by atoms with E-state index in [2.05, 4.69) is 26.7 Å². The highest BCUT2D eigenvalue weighted by atomic mass is 15.2. The van der Waals surface area contributed by atoms with Crippen LogP contribution in [-0.4, -0.2) is 15.5 Å². The van der Waals surface area contributed by atoms with Crippen LogP contribution in [-0.2, 0) is 0 Å². The van der Waals surface area contributed by atoms with E-state index in [1.165, 1.54) is 0 Å². The summed E-state index contributed by atoms with van der Waals surface area (Å²) in [7, 11) is 0. The molecule has 0 atom stereocenters. The zero-order valence-electron chi connectivity index (χ0n) is 11.8. The van der Waals surface area contributed by atoms with Gasteiger partial charge in [0.15, 0.2) is 0 Å². The fourth-order valence-corrected chi connectivity index (χ4v) is 1.65. The summed E-state index contributed by atoms with van der Waals surface area (Å²) in [5, 5.41) is 15.4. The number of rotatable bonds is 3. The highest BCUT2D eigenvalue weighted by molar-refractivity contribution is 5.64. The monoisotopic (exact) mass is 267 g/mol. The van der Waals surface area contributed by atoms with Crippen molar-refractivity contribution in [3.8, 4) is 6.07 Å². The highest BCUT2D eigenvalue weighted by Gasteiger charge is 2.11. The summed E-state index contributed by atoms with van der Waals surface area (Å²) in [6, 6.07) is 11.2. The molecule has 20 heavy (non-hydrogen) atoms. The lowest BCUT2D eigenvalue weighted by Crippen LogP contribution is -2.27. The second-order valence-corrected chi connectivity index (χ2v) is 5.42. The van der Waals surface area contributed by atoms with Gasteiger partial charge in [0.25, 0.3) is 0 Å². The van der Waals surface area contributed by atoms with E-state index in [9.17, 15) is 0 Å². The number of hydrogen-bond donors (Lipinski definition) is 2. The largest absolute Gasteiger partial charge is 0.350 e. The fraction of sp³-hybridized carbons (Fsp3) is 0.267. The molecule has 5 heteroatoms. The molecule has 1 aromatic carbocycles. The molecule has 0 aliphatic carbocycles. The SMILES string of the molecule is CC(C)(C)Nc1nccc(Nc2ccccc2C#N)n1. The quantitative estimate of drug-likeness (QED) is 0.892. The molecular formula is C15H17N5. The maximum atomic E-state index is 9.07. The van der Waals surface area contributed by atoms with Crippen molar-refractivity contribution in [2.24, 2.45) is 0 Å². The number of aromatic nitrogens is 2. The van der Waals surface area contributed by atoms with E-state index in [1.54, 1.807) is 18.3 Å². The van der Waals surface area contributed by atoms with Crippen molar-refractivity contribution in [3.63, 3.8) is 0 Å². The normalized spacial score (nSPS) is 10.7. The van der Waals surface area contributed by atoms with Crippen molar-refractivity contribution >= 4 is 17.5 Å². The summed E-state index contributed by atoms with van der Waals surface area (Å²) in [4.78, 5) is 8.57. The van der Waals surface area contributed by atoms with Crippen molar-refractivity contribution < 1.29 is 0 Å². The predicted molar refractivity (Wildman–Crippen MR) is 79.8 cm³/mol. The maximum absolute atomic E-state index is 9.07. The van der Waals surface area contributed by atoms with Crippen LogP contribution in [0, 0.1) is 11.3 Å². The van der Waals surface area contributed by atoms with Crippen molar-refractivity contribution in [3.05, 3.63) is 42.1 Å².